The Kier molecular flexibility index (Phi) is 4.50. The van der Waals surface area contributed by atoms with Crippen LogP contribution in [-0.4, -0.2) is 15.9 Å². The quantitative estimate of drug-likeness (QED) is 0.680. The number of anilines is 1. The maximum absolute atomic E-state index is 11.8. The van der Waals surface area contributed by atoms with E-state index in [4.69, 9.17) is 4.74 Å². The predicted octanol–water partition coefficient (Wildman–Crippen LogP) is 3.42. The number of rotatable bonds is 4. The van der Waals surface area contributed by atoms with E-state index in [-0.39, 0.29) is 17.1 Å². The molecule has 9 nitrogen and oxygen atoms in total. The second-order valence-corrected chi connectivity index (χ2v) is 4.54. The first-order valence-electron chi connectivity index (χ1n) is 6.35. The second-order valence-electron chi connectivity index (χ2n) is 4.54. The third kappa shape index (κ3) is 4.00. The summed E-state index contributed by atoms with van der Waals surface area (Å²) in [6.07, 6.45) is -0.988. The lowest BCUT2D eigenvalue weighted by atomic mass is 10.2. The number of non-ortho nitro benzene ring substituents is 1. The zero-order valence-electron chi connectivity index (χ0n) is 11.9. The van der Waals surface area contributed by atoms with Gasteiger partial charge in [0, 0.05) is 18.2 Å². The number of carbonyl (C=O) groups is 1. The molecule has 0 spiro atoms. The van der Waals surface area contributed by atoms with E-state index >= 15 is 0 Å². The molecule has 0 heterocycles. The van der Waals surface area contributed by atoms with Crippen molar-refractivity contribution in [1.29, 1.82) is 0 Å². The van der Waals surface area contributed by atoms with E-state index < -0.39 is 21.6 Å². The van der Waals surface area contributed by atoms with Crippen molar-refractivity contribution >= 4 is 23.2 Å². The summed E-state index contributed by atoms with van der Waals surface area (Å²) in [5.41, 5.74) is -0.217. The minimum absolute atomic E-state index is 0.237. The standard InChI is InChI=1S/C14H11N3O6/c1-9-2-5-11(6-3-9)23-14(18)15-12-8-10(16(19)20)4-7-13(12)17(21)22/h2-8H,1H3,(H,15,18). The molecule has 0 fully saturated rings. The molecule has 0 bridgehead atoms. The Hall–Kier alpha value is -3.49. The number of nitro benzene ring substituents is 2. The Bertz CT molecular complexity index is 773. The monoisotopic (exact) mass is 317 g/mol. The van der Waals surface area contributed by atoms with Gasteiger partial charge in [0.25, 0.3) is 11.4 Å². The maximum Gasteiger partial charge on any atom is 0.417 e. The zero-order chi connectivity index (χ0) is 17.0. The van der Waals surface area contributed by atoms with Gasteiger partial charge < -0.3 is 4.74 Å². The van der Waals surface area contributed by atoms with Crippen LogP contribution in [0.15, 0.2) is 42.5 Å². The van der Waals surface area contributed by atoms with Crippen molar-refractivity contribution in [3.05, 3.63) is 68.3 Å². The van der Waals surface area contributed by atoms with Gasteiger partial charge in [-0.1, -0.05) is 17.7 Å². The van der Waals surface area contributed by atoms with Crippen LogP contribution in [-0.2, 0) is 0 Å². The molecule has 118 valence electrons. The lowest BCUT2D eigenvalue weighted by Gasteiger charge is -2.07. The van der Waals surface area contributed by atoms with Crippen molar-refractivity contribution in [1.82, 2.24) is 0 Å². The lowest BCUT2D eigenvalue weighted by molar-refractivity contribution is -0.388. The first kappa shape index (κ1) is 15.9. The normalized spacial score (nSPS) is 9.96. The summed E-state index contributed by atoms with van der Waals surface area (Å²) in [6.45, 7) is 1.86. The maximum atomic E-state index is 11.8. The number of ether oxygens (including phenoxy) is 1. The van der Waals surface area contributed by atoms with Crippen LogP contribution in [0, 0.1) is 27.2 Å². The molecule has 0 saturated heterocycles. The molecule has 0 saturated carbocycles. The lowest BCUT2D eigenvalue weighted by Crippen LogP contribution is -2.17. The van der Waals surface area contributed by atoms with E-state index in [1.807, 2.05) is 6.92 Å². The van der Waals surface area contributed by atoms with Gasteiger partial charge in [-0.3, -0.25) is 25.5 Å². The summed E-state index contributed by atoms with van der Waals surface area (Å²) in [6, 6.07) is 9.37. The van der Waals surface area contributed by atoms with Crippen LogP contribution >= 0.6 is 0 Å². The highest BCUT2D eigenvalue weighted by Crippen LogP contribution is 2.29. The van der Waals surface area contributed by atoms with Crippen molar-refractivity contribution in [3.8, 4) is 5.75 Å². The Morgan fingerprint density at radius 1 is 1.04 bits per heavy atom. The van der Waals surface area contributed by atoms with Crippen LogP contribution in [0.5, 0.6) is 5.75 Å². The number of hydrogen-bond donors (Lipinski definition) is 1. The van der Waals surface area contributed by atoms with Crippen LogP contribution < -0.4 is 10.1 Å². The summed E-state index contributed by atoms with van der Waals surface area (Å²) < 4.78 is 4.97. The molecule has 2 aromatic carbocycles. The molecule has 2 rings (SSSR count). The summed E-state index contributed by atoms with van der Waals surface area (Å²) >= 11 is 0. The average Bonchev–Trinajstić information content (AvgIpc) is 2.49. The number of nitrogens with one attached hydrogen (secondary N) is 1. The molecular weight excluding hydrogens is 306 g/mol. The van der Waals surface area contributed by atoms with E-state index in [1.54, 1.807) is 24.3 Å². The van der Waals surface area contributed by atoms with Gasteiger partial charge in [0.2, 0.25) is 0 Å². The highest BCUT2D eigenvalue weighted by atomic mass is 16.6. The fourth-order valence-electron chi connectivity index (χ4n) is 1.75. The summed E-state index contributed by atoms with van der Waals surface area (Å²) in [5.74, 6) is 0.237. The second kappa shape index (κ2) is 6.52. The minimum atomic E-state index is -0.988. The van der Waals surface area contributed by atoms with Crippen molar-refractivity contribution < 1.29 is 19.4 Å². The van der Waals surface area contributed by atoms with Gasteiger partial charge in [0.1, 0.15) is 11.4 Å². The molecule has 0 unspecified atom stereocenters. The molecule has 0 aliphatic heterocycles. The Labute approximate surface area is 129 Å². The number of aryl methyl sites for hydroxylation is 1. The molecule has 0 radical (unpaired) electrons. The molecule has 0 aliphatic carbocycles. The van der Waals surface area contributed by atoms with Crippen molar-refractivity contribution in [2.75, 3.05) is 5.32 Å². The van der Waals surface area contributed by atoms with Gasteiger partial charge in [-0.15, -0.1) is 0 Å². The van der Waals surface area contributed by atoms with Crippen LogP contribution in [0.2, 0.25) is 0 Å². The fourth-order valence-corrected chi connectivity index (χ4v) is 1.75. The van der Waals surface area contributed by atoms with E-state index in [9.17, 15) is 25.0 Å². The van der Waals surface area contributed by atoms with E-state index in [1.165, 1.54) is 0 Å². The number of nitrogens with zero attached hydrogens (tertiary/aromatic N) is 2. The molecule has 1 N–H and O–H groups in total. The zero-order valence-corrected chi connectivity index (χ0v) is 11.9. The largest absolute Gasteiger partial charge is 0.417 e. The fraction of sp³-hybridized carbons (Fsp3) is 0.0714. The molecule has 0 atom stereocenters. The highest BCUT2D eigenvalue weighted by molar-refractivity contribution is 5.89. The first-order valence-corrected chi connectivity index (χ1v) is 6.35. The SMILES string of the molecule is Cc1ccc(OC(=O)Nc2cc([N+](=O)[O-])ccc2[N+](=O)[O-])cc1. The van der Waals surface area contributed by atoms with Crippen LogP contribution in [0.3, 0.4) is 0 Å². The van der Waals surface area contributed by atoms with Crippen LogP contribution in [0.4, 0.5) is 21.9 Å². The Balaban J connectivity index is 2.21. The van der Waals surface area contributed by atoms with Gasteiger partial charge >= 0.3 is 6.09 Å². The summed E-state index contributed by atoms with van der Waals surface area (Å²) in [4.78, 5) is 32.0. The van der Waals surface area contributed by atoms with Crippen molar-refractivity contribution in [2.45, 2.75) is 6.92 Å². The average molecular weight is 317 g/mol. The number of amides is 1. The minimum Gasteiger partial charge on any atom is -0.410 e. The first-order chi connectivity index (χ1) is 10.9. The molecule has 1 amide bonds. The van der Waals surface area contributed by atoms with E-state index in [0.717, 1.165) is 23.8 Å². The van der Waals surface area contributed by atoms with Crippen LogP contribution in [0.1, 0.15) is 5.56 Å². The number of hydrogen-bond acceptors (Lipinski definition) is 6. The molecule has 0 aliphatic rings. The highest BCUT2D eigenvalue weighted by Gasteiger charge is 2.20. The molecule has 2 aromatic rings. The molecule has 9 heteroatoms. The predicted molar refractivity (Wildman–Crippen MR) is 80.6 cm³/mol. The summed E-state index contributed by atoms with van der Waals surface area (Å²) in [5, 5.41) is 23.8. The van der Waals surface area contributed by atoms with E-state index in [0.29, 0.717) is 0 Å². The Morgan fingerprint density at radius 2 is 1.70 bits per heavy atom. The summed E-state index contributed by atoms with van der Waals surface area (Å²) in [7, 11) is 0. The smallest absolute Gasteiger partial charge is 0.410 e. The third-order valence-electron chi connectivity index (χ3n) is 2.86. The Morgan fingerprint density at radius 3 is 2.26 bits per heavy atom. The van der Waals surface area contributed by atoms with Crippen molar-refractivity contribution in [2.24, 2.45) is 0 Å². The van der Waals surface area contributed by atoms with Gasteiger partial charge in [-0.2, -0.15) is 0 Å². The third-order valence-corrected chi connectivity index (χ3v) is 2.86. The van der Waals surface area contributed by atoms with Gasteiger partial charge in [0.15, 0.2) is 0 Å². The van der Waals surface area contributed by atoms with Crippen LogP contribution in [0.25, 0.3) is 0 Å². The van der Waals surface area contributed by atoms with Crippen molar-refractivity contribution in [3.63, 3.8) is 0 Å². The number of nitro groups is 2. The van der Waals surface area contributed by atoms with Gasteiger partial charge in [0.05, 0.1) is 9.85 Å². The number of benzene rings is 2. The molecule has 23 heavy (non-hydrogen) atoms. The molecule has 0 aromatic heterocycles. The molecular formula is C14H11N3O6. The number of carbonyl (C=O) groups excluding carboxylic acids is 1. The van der Waals surface area contributed by atoms with Gasteiger partial charge in [-0.25, -0.2) is 4.79 Å². The van der Waals surface area contributed by atoms with Gasteiger partial charge in [-0.05, 0) is 19.1 Å². The van der Waals surface area contributed by atoms with E-state index in [2.05, 4.69) is 5.32 Å². The topological polar surface area (TPSA) is 125 Å².